The van der Waals surface area contributed by atoms with E-state index in [0.717, 1.165) is 54.4 Å². The second kappa shape index (κ2) is 7.33. The summed E-state index contributed by atoms with van der Waals surface area (Å²) in [7, 11) is 0. The number of hydrogen-bond donors (Lipinski definition) is 0. The van der Waals surface area contributed by atoms with Crippen molar-refractivity contribution in [2.75, 3.05) is 32.8 Å². The highest BCUT2D eigenvalue weighted by Crippen LogP contribution is 2.28. The van der Waals surface area contributed by atoms with Gasteiger partial charge in [0.05, 0.1) is 23.4 Å². The van der Waals surface area contributed by atoms with E-state index < -0.39 is 0 Å². The van der Waals surface area contributed by atoms with Gasteiger partial charge in [0, 0.05) is 44.2 Å². The van der Waals surface area contributed by atoms with Gasteiger partial charge in [-0.2, -0.15) is 0 Å². The molecule has 26 heavy (non-hydrogen) atoms. The molecule has 1 aliphatic heterocycles. The number of piperazine rings is 1. The largest absolute Gasteiger partial charge is 0.462 e. The van der Waals surface area contributed by atoms with Crippen molar-refractivity contribution in [3.05, 3.63) is 41.1 Å². The standard InChI is InChI=1S/C21H27N3O2/c1-3-26-21(25)20-15(2)17-6-4-5-7-18(17)22-19(20)14-23-10-12-24(13-11-23)16-8-9-16/h4-7,16H,3,8-14H2,1-2H3. The maximum atomic E-state index is 12.6. The average molecular weight is 353 g/mol. The van der Waals surface area contributed by atoms with Gasteiger partial charge in [-0.1, -0.05) is 18.2 Å². The first-order valence-electron chi connectivity index (χ1n) is 9.69. The van der Waals surface area contributed by atoms with Crippen molar-refractivity contribution in [1.82, 2.24) is 14.8 Å². The minimum atomic E-state index is -0.255. The summed E-state index contributed by atoms with van der Waals surface area (Å²) in [6.07, 6.45) is 2.72. The van der Waals surface area contributed by atoms with E-state index in [1.54, 1.807) is 0 Å². The van der Waals surface area contributed by atoms with Crippen LogP contribution < -0.4 is 0 Å². The van der Waals surface area contributed by atoms with Crippen molar-refractivity contribution in [3.8, 4) is 0 Å². The highest BCUT2D eigenvalue weighted by molar-refractivity contribution is 5.98. The van der Waals surface area contributed by atoms with Crippen LogP contribution in [0.15, 0.2) is 24.3 Å². The Morgan fingerprint density at radius 3 is 2.62 bits per heavy atom. The molecule has 1 saturated carbocycles. The lowest BCUT2D eigenvalue weighted by atomic mass is 10.0. The van der Waals surface area contributed by atoms with Crippen molar-refractivity contribution < 1.29 is 9.53 Å². The number of esters is 1. The number of carbonyl (C=O) groups excluding carboxylic acids is 1. The molecule has 138 valence electrons. The second-order valence-electron chi connectivity index (χ2n) is 7.34. The van der Waals surface area contributed by atoms with Gasteiger partial charge in [-0.15, -0.1) is 0 Å². The fourth-order valence-electron chi connectivity index (χ4n) is 3.97. The van der Waals surface area contributed by atoms with Crippen LogP contribution in [0.2, 0.25) is 0 Å². The topological polar surface area (TPSA) is 45.7 Å². The fourth-order valence-corrected chi connectivity index (χ4v) is 3.97. The summed E-state index contributed by atoms with van der Waals surface area (Å²) in [4.78, 5) is 22.5. The van der Waals surface area contributed by atoms with E-state index in [2.05, 4.69) is 9.80 Å². The molecule has 0 radical (unpaired) electrons. The smallest absolute Gasteiger partial charge is 0.340 e. The van der Waals surface area contributed by atoms with Gasteiger partial charge < -0.3 is 4.74 Å². The van der Waals surface area contributed by atoms with Crippen molar-refractivity contribution in [1.29, 1.82) is 0 Å². The molecule has 0 atom stereocenters. The predicted molar refractivity (Wildman–Crippen MR) is 102 cm³/mol. The van der Waals surface area contributed by atoms with E-state index >= 15 is 0 Å². The van der Waals surface area contributed by atoms with Crippen LogP contribution in [-0.4, -0.2) is 59.6 Å². The minimum Gasteiger partial charge on any atom is -0.462 e. The molecular formula is C21H27N3O2. The Morgan fingerprint density at radius 1 is 1.19 bits per heavy atom. The van der Waals surface area contributed by atoms with Gasteiger partial charge in [0.15, 0.2) is 0 Å². The van der Waals surface area contributed by atoms with E-state index in [4.69, 9.17) is 9.72 Å². The number of rotatable bonds is 5. The average Bonchev–Trinajstić information content (AvgIpc) is 3.48. The highest BCUT2D eigenvalue weighted by Gasteiger charge is 2.31. The van der Waals surface area contributed by atoms with Crippen LogP contribution in [0.4, 0.5) is 0 Å². The Kier molecular flexibility index (Phi) is 4.92. The van der Waals surface area contributed by atoms with E-state index in [0.29, 0.717) is 18.7 Å². The van der Waals surface area contributed by atoms with Crippen LogP contribution in [0, 0.1) is 6.92 Å². The lowest BCUT2D eigenvalue weighted by Crippen LogP contribution is -2.46. The molecule has 5 heteroatoms. The van der Waals surface area contributed by atoms with Crippen molar-refractivity contribution in [2.24, 2.45) is 0 Å². The zero-order valence-corrected chi connectivity index (χ0v) is 15.7. The summed E-state index contributed by atoms with van der Waals surface area (Å²) in [5.74, 6) is -0.255. The Bertz CT molecular complexity index is 808. The number of pyridine rings is 1. The fraction of sp³-hybridized carbons (Fsp3) is 0.524. The maximum absolute atomic E-state index is 12.6. The normalized spacial score (nSPS) is 19.0. The molecule has 1 aromatic carbocycles. The lowest BCUT2D eigenvalue weighted by Gasteiger charge is -2.34. The van der Waals surface area contributed by atoms with E-state index in [1.165, 1.54) is 12.8 Å². The van der Waals surface area contributed by atoms with Crippen molar-refractivity contribution >= 4 is 16.9 Å². The first kappa shape index (κ1) is 17.4. The number of ether oxygens (including phenoxy) is 1. The molecule has 1 aliphatic carbocycles. The Hall–Kier alpha value is -1.98. The minimum absolute atomic E-state index is 0.255. The third kappa shape index (κ3) is 3.46. The van der Waals surface area contributed by atoms with Crippen LogP contribution in [0.1, 0.15) is 41.4 Å². The highest BCUT2D eigenvalue weighted by atomic mass is 16.5. The van der Waals surface area contributed by atoms with E-state index in [9.17, 15) is 4.79 Å². The molecule has 1 saturated heterocycles. The number of aryl methyl sites for hydroxylation is 1. The Labute approximate surface area is 154 Å². The summed E-state index contributed by atoms with van der Waals surface area (Å²) in [5, 5.41) is 1.03. The van der Waals surface area contributed by atoms with E-state index in [1.807, 2.05) is 38.1 Å². The Morgan fingerprint density at radius 2 is 1.92 bits per heavy atom. The molecule has 5 nitrogen and oxygen atoms in total. The molecule has 2 aliphatic rings. The second-order valence-corrected chi connectivity index (χ2v) is 7.34. The van der Waals surface area contributed by atoms with Gasteiger partial charge in [0.2, 0.25) is 0 Å². The number of fused-ring (bicyclic) bond motifs is 1. The van der Waals surface area contributed by atoms with Gasteiger partial charge in [0.25, 0.3) is 0 Å². The Balaban J connectivity index is 1.62. The van der Waals surface area contributed by atoms with Crippen LogP contribution >= 0.6 is 0 Å². The summed E-state index contributed by atoms with van der Waals surface area (Å²) in [5.41, 5.74) is 3.42. The molecular weight excluding hydrogens is 326 g/mol. The van der Waals surface area contributed by atoms with Crippen LogP contribution in [0.25, 0.3) is 10.9 Å². The van der Waals surface area contributed by atoms with Gasteiger partial charge >= 0.3 is 5.97 Å². The third-order valence-electron chi connectivity index (χ3n) is 5.55. The maximum Gasteiger partial charge on any atom is 0.340 e. The quantitative estimate of drug-likeness (QED) is 0.773. The monoisotopic (exact) mass is 353 g/mol. The lowest BCUT2D eigenvalue weighted by molar-refractivity contribution is 0.0521. The molecule has 2 fully saturated rings. The number of nitrogens with zero attached hydrogens (tertiary/aromatic N) is 3. The van der Waals surface area contributed by atoms with Crippen LogP contribution in [0.5, 0.6) is 0 Å². The molecule has 0 N–H and O–H groups in total. The molecule has 4 rings (SSSR count). The number of aromatic nitrogens is 1. The first-order valence-corrected chi connectivity index (χ1v) is 9.69. The summed E-state index contributed by atoms with van der Waals surface area (Å²) in [6.45, 7) is 9.24. The van der Waals surface area contributed by atoms with Gasteiger partial charge in [-0.25, -0.2) is 4.79 Å². The molecule has 2 heterocycles. The number of hydrogen-bond acceptors (Lipinski definition) is 5. The number of para-hydroxylation sites is 1. The third-order valence-corrected chi connectivity index (χ3v) is 5.55. The summed E-state index contributed by atoms with van der Waals surface area (Å²) >= 11 is 0. The van der Waals surface area contributed by atoms with Gasteiger partial charge in [-0.3, -0.25) is 14.8 Å². The number of benzene rings is 1. The molecule has 0 unspecified atom stereocenters. The van der Waals surface area contributed by atoms with Gasteiger partial charge in [-0.05, 0) is 38.3 Å². The summed E-state index contributed by atoms with van der Waals surface area (Å²) < 4.78 is 5.34. The first-order chi connectivity index (χ1) is 12.7. The zero-order valence-electron chi connectivity index (χ0n) is 15.7. The van der Waals surface area contributed by atoms with E-state index in [-0.39, 0.29) is 5.97 Å². The molecule has 0 spiro atoms. The molecule has 0 amide bonds. The van der Waals surface area contributed by atoms with Gasteiger partial charge in [0.1, 0.15) is 0 Å². The number of carbonyl (C=O) groups is 1. The molecule has 2 aromatic rings. The van der Waals surface area contributed by atoms with Crippen molar-refractivity contribution in [2.45, 2.75) is 39.3 Å². The predicted octanol–water partition coefficient (Wildman–Crippen LogP) is 3.00. The van der Waals surface area contributed by atoms with Crippen LogP contribution in [-0.2, 0) is 11.3 Å². The SMILES string of the molecule is CCOC(=O)c1c(CN2CCN(C3CC3)CC2)nc2ccccc2c1C. The summed E-state index contributed by atoms with van der Waals surface area (Å²) in [6, 6.07) is 8.86. The molecule has 0 bridgehead atoms. The van der Waals surface area contributed by atoms with Crippen molar-refractivity contribution in [3.63, 3.8) is 0 Å². The molecule has 1 aromatic heterocycles. The van der Waals surface area contributed by atoms with Crippen LogP contribution in [0.3, 0.4) is 0 Å². The zero-order chi connectivity index (χ0) is 18.1.